The smallest absolute Gasteiger partial charge is 0.343 e. The second-order valence-corrected chi connectivity index (χ2v) is 8.28. The van der Waals surface area contributed by atoms with Crippen LogP contribution in [0.4, 0.5) is 0 Å². The third-order valence-corrected chi connectivity index (χ3v) is 5.00. The van der Waals surface area contributed by atoms with E-state index in [1.54, 1.807) is 67.6 Å². The van der Waals surface area contributed by atoms with E-state index in [1.807, 2.05) is 19.0 Å². The topological polar surface area (TPSA) is 158 Å². The van der Waals surface area contributed by atoms with Gasteiger partial charge in [-0.2, -0.15) is 0 Å². The number of amidine groups is 1. The molecular weight excluding hydrogens is 703 g/mol. The number of carbonyl (C=O) groups is 3. The van der Waals surface area contributed by atoms with E-state index in [2.05, 4.69) is 6.58 Å². The molecule has 5 N–H and O–H groups in total. The van der Waals surface area contributed by atoms with Crippen molar-refractivity contribution in [2.75, 3.05) is 40.3 Å². The van der Waals surface area contributed by atoms with Crippen molar-refractivity contribution in [2.45, 2.75) is 6.92 Å². The van der Waals surface area contributed by atoms with Crippen LogP contribution >= 0.6 is 0 Å². The Bertz CT molecular complexity index is 1130. The number of benzene rings is 2. The Hall–Kier alpha value is -2.84. The van der Waals surface area contributed by atoms with Crippen molar-refractivity contribution < 1.29 is 73.4 Å². The number of nitrogens with zero attached hydrogens (tertiary/aromatic N) is 2. The second kappa shape index (κ2) is 17.6. The number of hydrogen-bond donors (Lipinski definition) is 2. The number of nitrogens with two attached hydrogens (primary N) is 1. The Balaban J connectivity index is 0.00000684. The molecule has 1 amide bonds. The summed E-state index contributed by atoms with van der Waals surface area (Å²) >= 11 is 0. The molecule has 0 spiro atoms. The average Bonchev–Trinajstić information content (AvgIpc) is 2.83. The number of nitrogen functional groups attached to an aromatic ring is 1. The van der Waals surface area contributed by atoms with Crippen LogP contribution in [0.25, 0.3) is 6.08 Å². The van der Waals surface area contributed by atoms with Gasteiger partial charge < -0.3 is 30.5 Å². The van der Waals surface area contributed by atoms with Gasteiger partial charge in [0.25, 0.3) is 0 Å². The Morgan fingerprint density at radius 2 is 1.61 bits per heavy atom. The molecule has 10 nitrogen and oxygen atoms in total. The molecule has 2 aromatic carbocycles. The standard InChI is InChI=1S/C27H32N4O5.Ac.H2O/c1-5-14-31(18-24(32)35-16-15-30(3)4)26(33)19(2)17-20-6-8-22(9-7-20)27(34)36-23-12-10-21(11-13-23)25(28)29;;/h5-13,17H,1,14-16,18H2,2-4H3,(H3,28,29);;1H2/b19-17+;;. The van der Waals surface area contributed by atoms with E-state index < -0.39 is 11.9 Å². The van der Waals surface area contributed by atoms with Crippen molar-refractivity contribution in [3.8, 4) is 5.75 Å². The van der Waals surface area contributed by atoms with E-state index in [9.17, 15) is 14.4 Å². The molecule has 0 aliphatic heterocycles. The summed E-state index contributed by atoms with van der Waals surface area (Å²) in [4.78, 5) is 40.7. The van der Waals surface area contributed by atoms with Gasteiger partial charge in [0.2, 0.25) is 5.91 Å². The van der Waals surface area contributed by atoms with Crippen LogP contribution in [0.5, 0.6) is 5.75 Å². The third-order valence-electron chi connectivity index (χ3n) is 5.00. The van der Waals surface area contributed by atoms with Crippen LogP contribution in [-0.2, 0) is 14.3 Å². The molecule has 0 saturated heterocycles. The molecule has 0 unspecified atom stereocenters. The summed E-state index contributed by atoms with van der Waals surface area (Å²) in [6.07, 6.45) is 3.22. The minimum atomic E-state index is -0.543. The first-order valence-corrected chi connectivity index (χ1v) is 11.3. The molecule has 0 aliphatic rings. The summed E-state index contributed by atoms with van der Waals surface area (Å²) in [5.41, 5.74) is 7.41. The van der Waals surface area contributed by atoms with Gasteiger partial charge in [-0.25, -0.2) is 4.79 Å². The van der Waals surface area contributed by atoms with Crippen LogP contribution in [0.2, 0.25) is 0 Å². The number of nitrogens with one attached hydrogen (secondary N) is 1. The minimum absolute atomic E-state index is 0. The molecule has 0 heterocycles. The number of rotatable bonds is 12. The first kappa shape index (κ1) is 35.2. The van der Waals surface area contributed by atoms with Gasteiger partial charge in [0.15, 0.2) is 0 Å². The van der Waals surface area contributed by atoms with Crippen LogP contribution < -0.4 is 10.5 Å². The molecule has 2 rings (SSSR count). The monoisotopic (exact) mass is 737 g/mol. The van der Waals surface area contributed by atoms with Crippen molar-refractivity contribution in [3.05, 3.63) is 83.4 Å². The van der Waals surface area contributed by atoms with Crippen LogP contribution in [0, 0.1) is 49.5 Å². The molecule has 0 aromatic heterocycles. The summed E-state index contributed by atoms with van der Waals surface area (Å²) in [5, 5.41) is 7.40. The van der Waals surface area contributed by atoms with Crippen LogP contribution in [0.3, 0.4) is 0 Å². The third kappa shape index (κ3) is 11.7. The molecular formula is C27H34AcN4O6. The predicted octanol–water partition coefficient (Wildman–Crippen LogP) is 1.89. The summed E-state index contributed by atoms with van der Waals surface area (Å²) in [6.45, 7) is 6.17. The maximum atomic E-state index is 12.9. The summed E-state index contributed by atoms with van der Waals surface area (Å²) in [6, 6.07) is 12.9. The van der Waals surface area contributed by atoms with E-state index in [0.29, 0.717) is 34.6 Å². The van der Waals surface area contributed by atoms with E-state index in [1.165, 1.54) is 4.90 Å². The van der Waals surface area contributed by atoms with Gasteiger partial charge in [-0.3, -0.25) is 15.0 Å². The fourth-order valence-corrected chi connectivity index (χ4v) is 3.06. The van der Waals surface area contributed by atoms with E-state index in [-0.39, 0.29) is 81.0 Å². The quantitative estimate of drug-likeness (QED) is 0.0842. The molecule has 11 heteroatoms. The predicted molar refractivity (Wildman–Crippen MR) is 142 cm³/mol. The Kier molecular flexibility index (Phi) is 16.3. The van der Waals surface area contributed by atoms with Gasteiger partial charge in [-0.05, 0) is 69.1 Å². The molecule has 2 aromatic rings. The number of ether oxygens (including phenoxy) is 2. The van der Waals surface area contributed by atoms with Crippen molar-refractivity contribution >= 4 is 29.8 Å². The van der Waals surface area contributed by atoms with Crippen LogP contribution in [-0.4, -0.2) is 79.3 Å². The normalized spacial score (nSPS) is 10.5. The first-order valence-electron chi connectivity index (χ1n) is 11.3. The van der Waals surface area contributed by atoms with Crippen LogP contribution in [0.1, 0.15) is 28.4 Å². The van der Waals surface area contributed by atoms with Crippen LogP contribution in [0.15, 0.2) is 66.8 Å². The van der Waals surface area contributed by atoms with Crippen molar-refractivity contribution in [1.29, 1.82) is 5.41 Å². The Morgan fingerprint density at radius 1 is 1.03 bits per heavy atom. The zero-order chi connectivity index (χ0) is 26.7. The Labute approximate surface area is 258 Å². The maximum absolute atomic E-state index is 12.9. The SMILES string of the molecule is C=CCN(CC(=O)OCCN(C)C)C(=O)/C(C)=C/c1ccc(C(=O)Oc2ccc(C(=N)N)cc2)cc1.O.[Ac]. The molecule has 0 bridgehead atoms. The van der Waals surface area contributed by atoms with Gasteiger partial charge >= 0.3 is 11.9 Å². The van der Waals surface area contributed by atoms with Crippen molar-refractivity contribution in [3.63, 3.8) is 0 Å². The number of amides is 1. The summed E-state index contributed by atoms with van der Waals surface area (Å²) in [7, 11) is 3.75. The first-order chi connectivity index (χ1) is 17.1. The minimum Gasteiger partial charge on any atom is -0.463 e. The van der Waals surface area contributed by atoms with Gasteiger partial charge in [0, 0.05) is 68.3 Å². The van der Waals surface area contributed by atoms with Gasteiger partial charge in [0.05, 0.1) is 5.56 Å². The molecule has 0 saturated carbocycles. The van der Waals surface area contributed by atoms with Crippen molar-refractivity contribution in [2.24, 2.45) is 5.73 Å². The zero-order valence-electron chi connectivity index (χ0n) is 21.9. The van der Waals surface area contributed by atoms with Gasteiger partial charge in [0.1, 0.15) is 24.7 Å². The summed E-state index contributed by atoms with van der Waals surface area (Å²) < 4.78 is 10.5. The molecule has 1 radical (unpaired) electrons. The zero-order valence-corrected chi connectivity index (χ0v) is 26.6. The molecule has 38 heavy (non-hydrogen) atoms. The van der Waals surface area contributed by atoms with Gasteiger partial charge in [-0.15, -0.1) is 6.58 Å². The second-order valence-electron chi connectivity index (χ2n) is 8.28. The van der Waals surface area contributed by atoms with E-state index in [0.717, 1.165) is 0 Å². The number of esters is 2. The number of hydrogen-bond acceptors (Lipinski definition) is 7. The number of likely N-dealkylation sites (N-methyl/N-ethyl adjacent to an activating group) is 1. The van der Waals surface area contributed by atoms with E-state index >= 15 is 0 Å². The molecule has 0 fully saturated rings. The molecule has 0 atom stereocenters. The fourth-order valence-electron chi connectivity index (χ4n) is 3.06. The molecule has 201 valence electrons. The fraction of sp³-hybridized carbons (Fsp3) is 0.259. The van der Waals surface area contributed by atoms with E-state index in [4.69, 9.17) is 20.6 Å². The molecule has 0 aliphatic carbocycles. The maximum Gasteiger partial charge on any atom is 0.343 e. The van der Waals surface area contributed by atoms with Gasteiger partial charge in [-0.1, -0.05) is 18.2 Å². The largest absolute Gasteiger partial charge is 0.463 e. The average molecular weight is 738 g/mol. The number of carbonyl (C=O) groups excluding carboxylic acids is 3. The summed E-state index contributed by atoms with van der Waals surface area (Å²) in [5.74, 6) is -1.09. The van der Waals surface area contributed by atoms with Crippen molar-refractivity contribution in [1.82, 2.24) is 9.80 Å². The Morgan fingerprint density at radius 3 is 2.13 bits per heavy atom.